The fraction of sp³-hybridized carbons (Fsp3) is 0.452. The summed E-state index contributed by atoms with van der Waals surface area (Å²) in [5.74, 6) is -0.560. The van der Waals surface area contributed by atoms with Gasteiger partial charge in [0.25, 0.3) is 5.24 Å². The van der Waals surface area contributed by atoms with Crippen LogP contribution in [0.3, 0.4) is 0 Å². The van der Waals surface area contributed by atoms with Crippen molar-refractivity contribution in [3.63, 3.8) is 0 Å². The van der Waals surface area contributed by atoms with E-state index in [4.69, 9.17) is 21.1 Å². The van der Waals surface area contributed by atoms with Gasteiger partial charge in [0, 0.05) is 24.9 Å². The Morgan fingerprint density at radius 1 is 1.10 bits per heavy atom. The molecule has 0 aromatic heterocycles. The van der Waals surface area contributed by atoms with Crippen LogP contribution in [-0.2, 0) is 15.3 Å². The minimum absolute atomic E-state index is 0.00962. The fourth-order valence-corrected chi connectivity index (χ4v) is 5.54. The van der Waals surface area contributed by atoms with Crippen LogP contribution in [0.2, 0.25) is 5.02 Å². The first kappa shape index (κ1) is 32.5. The lowest BCUT2D eigenvalue weighted by Gasteiger charge is -2.20. The van der Waals surface area contributed by atoms with E-state index in [9.17, 15) is 18.8 Å². The van der Waals surface area contributed by atoms with E-state index in [0.717, 1.165) is 63.4 Å². The van der Waals surface area contributed by atoms with Crippen molar-refractivity contribution in [2.24, 2.45) is 0 Å². The first-order valence-electron chi connectivity index (χ1n) is 14.0. The van der Waals surface area contributed by atoms with Gasteiger partial charge in [-0.3, -0.25) is 9.59 Å². The minimum atomic E-state index is -0.941. The zero-order chi connectivity index (χ0) is 29.9. The van der Waals surface area contributed by atoms with Gasteiger partial charge < -0.3 is 14.4 Å². The smallest absolute Gasteiger partial charge is 0.427 e. The number of allylic oxidation sites excluding steroid dienone is 1. The standard InChI is InChI=1S/C17H17ClFNO4.C14H21NOS/c1-9(2)15-16(21)20(17(22)24-15)13-8-14(11(18)7-12(13)19)23-10-5-3-4-6-10;1-3-10-15(11-4-2)14(16)17-12-13-8-6-5-7-9-13/h7-8,10H,3-6H2,1-2H3;5-9H,3-4,10-12H2,1-2H3. The molecule has 2 aliphatic rings. The third-order valence-corrected chi connectivity index (χ3v) is 7.79. The number of carbonyl (C=O) groups is 3. The SMILES string of the molecule is CC(C)=C1OC(=O)N(c2cc(OC3CCCC3)c(Cl)cc2F)C1=O.CCCN(CCC)C(=O)SCc1ccccc1. The third-order valence-electron chi connectivity index (χ3n) is 6.51. The van der Waals surface area contributed by atoms with E-state index in [1.807, 2.05) is 23.1 Å². The number of hydrogen-bond donors (Lipinski definition) is 0. The zero-order valence-corrected chi connectivity index (χ0v) is 25.7. The van der Waals surface area contributed by atoms with Crippen molar-refractivity contribution >= 4 is 46.3 Å². The quantitative estimate of drug-likeness (QED) is 0.266. The first-order valence-corrected chi connectivity index (χ1v) is 15.4. The molecule has 3 amide bonds. The van der Waals surface area contributed by atoms with Gasteiger partial charge >= 0.3 is 12.0 Å². The molecule has 1 heterocycles. The number of carbonyl (C=O) groups excluding carboxylic acids is 3. The fourth-order valence-electron chi connectivity index (χ4n) is 4.50. The highest BCUT2D eigenvalue weighted by atomic mass is 35.5. The van der Waals surface area contributed by atoms with Gasteiger partial charge in [0.1, 0.15) is 11.6 Å². The topological polar surface area (TPSA) is 76.2 Å². The normalized spacial score (nSPS) is 15.0. The molecule has 1 aliphatic carbocycles. The van der Waals surface area contributed by atoms with Gasteiger partial charge in [-0.1, -0.05) is 67.5 Å². The molecular weight excluding hydrogens is 567 g/mol. The summed E-state index contributed by atoms with van der Waals surface area (Å²) >= 11 is 7.45. The number of rotatable bonds is 9. The van der Waals surface area contributed by atoms with Gasteiger partial charge in [0.05, 0.1) is 16.8 Å². The second kappa shape index (κ2) is 15.8. The Labute approximate surface area is 251 Å². The molecule has 2 aromatic rings. The van der Waals surface area contributed by atoms with Crippen LogP contribution in [0.15, 0.2) is 53.8 Å². The number of cyclic esters (lactones) is 1. The number of hydrogen-bond acceptors (Lipinski definition) is 6. The number of halogens is 2. The molecule has 1 aliphatic heterocycles. The Balaban J connectivity index is 0.000000241. The molecule has 0 bridgehead atoms. The number of imide groups is 1. The van der Waals surface area contributed by atoms with E-state index in [2.05, 4.69) is 26.0 Å². The van der Waals surface area contributed by atoms with Crippen LogP contribution in [-0.4, -0.2) is 41.3 Å². The summed E-state index contributed by atoms with van der Waals surface area (Å²) < 4.78 is 25.1. The second-order valence-electron chi connectivity index (χ2n) is 10.1. The Hall–Kier alpha value is -3.04. The second-order valence-corrected chi connectivity index (χ2v) is 11.5. The van der Waals surface area contributed by atoms with Crippen LogP contribution >= 0.6 is 23.4 Å². The number of amides is 3. The Kier molecular flexibility index (Phi) is 12.5. The summed E-state index contributed by atoms with van der Waals surface area (Å²) in [5.41, 5.74) is 1.52. The molecule has 0 N–H and O–H groups in total. The molecule has 222 valence electrons. The highest BCUT2D eigenvalue weighted by Gasteiger charge is 2.40. The minimum Gasteiger partial charge on any atom is -0.489 e. The lowest BCUT2D eigenvalue weighted by molar-refractivity contribution is -0.114. The number of anilines is 1. The summed E-state index contributed by atoms with van der Waals surface area (Å²) in [6.45, 7) is 9.23. The Morgan fingerprint density at radius 3 is 2.29 bits per heavy atom. The molecule has 0 radical (unpaired) electrons. The molecule has 2 fully saturated rings. The first-order chi connectivity index (χ1) is 19.7. The lowest BCUT2D eigenvalue weighted by Crippen LogP contribution is -2.29. The summed E-state index contributed by atoms with van der Waals surface area (Å²) in [5, 5.41) is 0.308. The molecule has 0 spiro atoms. The number of thioether (sulfide) groups is 1. The van der Waals surface area contributed by atoms with Gasteiger partial charge in [-0.2, -0.15) is 0 Å². The van der Waals surface area contributed by atoms with Crippen molar-refractivity contribution in [2.75, 3.05) is 18.0 Å². The average molecular weight is 605 g/mol. The van der Waals surface area contributed by atoms with Gasteiger partial charge in [0.2, 0.25) is 0 Å². The highest BCUT2D eigenvalue weighted by Crippen LogP contribution is 2.37. The van der Waals surface area contributed by atoms with E-state index in [-0.39, 0.29) is 33.6 Å². The summed E-state index contributed by atoms with van der Waals surface area (Å²) in [4.78, 5) is 38.9. The number of benzene rings is 2. The van der Waals surface area contributed by atoms with E-state index in [1.165, 1.54) is 23.4 Å². The summed E-state index contributed by atoms with van der Waals surface area (Å²) in [6.07, 6.45) is 5.05. The maximum Gasteiger partial charge on any atom is 0.427 e. The lowest BCUT2D eigenvalue weighted by atomic mass is 10.2. The van der Waals surface area contributed by atoms with Crippen molar-refractivity contribution < 1.29 is 28.2 Å². The van der Waals surface area contributed by atoms with E-state index >= 15 is 0 Å². The van der Waals surface area contributed by atoms with Crippen molar-refractivity contribution in [2.45, 2.75) is 78.1 Å². The molecule has 10 heteroatoms. The molecule has 1 saturated carbocycles. The Morgan fingerprint density at radius 2 is 1.73 bits per heavy atom. The molecular formula is C31H38ClFN2O5S. The van der Waals surface area contributed by atoms with E-state index < -0.39 is 17.8 Å². The van der Waals surface area contributed by atoms with E-state index in [0.29, 0.717) is 10.5 Å². The van der Waals surface area contributed by atoms with Gasteiger partial charge in [-0.25, -0.2) is 14.1 Å². The largest absolute Gasteiger partial charge is 0.489 e. The molecule has 4 rings (SSSR count). The van der Waals surface area contributed by atoms with Crippen LogP contribution in [0.4, 0.5) is 19.7 Å². The highest BCUT2D eigenvalue weighted by molar-refractivity contribution is 8.12. The summed E-state index contributed by atoms with van der Waals surface area (Å²) in [6, 6.07) is 12.5. The molecule has 0 unspecified atom stereocenters. The van der Waals surface area contributed by atoms with Crippen LogP contribution in [0.1, 0.15) is 71.8 Å². The predicted molar refractivity (Wildman–Crippen MR) is 162 cm³/mol. The zero-order valence-electron chi connectivity index (χ0n) is 24.1. The van der Waals surface area contributed by atoms with Crippen molar-refractivity contribution in [3.8, 4) is 5.75 Å². The monoisotopic (exact) mass is 604 g/mol. The Bertz CT molecular complexity index is 1240. The maximum atomic E-state index is 14.3. The molecule has 7 nitrogen and oxygen atoms in total. The van der Waals surface area contributed by atoms with Crippen LogP contribution in [0, 0.1) is 5.82 Å². The van der Waals surface area contributed by atoms with Gasteiger partial charge in [0.15, 0.2) is 5.76 Å². The van der Waals surface area contributed by atoms with Crippen LogP contribution in [0.25, 0.3) is 0 Å². The average Bonchev–Trinajstić information content (AvgIpc) is 3.57. The van der Waals surface area contributed by atoms with E-state index in [1.54, 1.807) is 13.8 Å². The third kappa shape index (κ3) is 8.97. The van der Waals surface area contributed by atoms with Crippen LogP contribution in [0.5, 0.6) is 5.75 Å². The number of ether oxygens (including phenoxy) is 2. The van der Waals surface area contributed by atoms with Crippen molar-refractivity contribution in [1.29, 1.82) is 0 Å². The molecule has 1 saturated heterocycles. The molecule has 2 aromatic carbocycles. The number of nitrogens with zero attached hydrogens (tertiary/aromatic N) is 2. The summed E-state index contributed by atoms with van der Waals surface area (Å²) in [7, 11) is 0. The molecule has 41 heavy (non-hydrogen) atoms. The van der Waals surface area contributed by atoms with Crippen molar-refractivity contribution in [3.05, 3.63) is 70.2 Å². The molecule has 0 atom stereocenters. The van der Waals surface area contributed by atoms with Crippen LogP contribution < -0.4 is 9.64 Å². The maximum absolute atomic E-state index is 14.3. The van der Waals surface area contributed by atoms with Crippen molar-refractivity contribution in [1.82, 2.24) is 4.90 Å². The van der Waals surface area contributed by atoms with Gasteiger partial charge in [-0.15, -0.1) is 0 Å². The van der Waals surface area contributed by atoms with Gasteiger partial charge in [-0.05, 0) is 69.6 Å². The predicted octanol–water partition coefficient (Wildman–Crippen LogP) is 8.74.